The normalized spacial score (nSPS) is 23.0. The number of ether oxygens (including phenoxy) is 2. The summed E-state index contributed by atoms with van der Waals surface area (Å²) in [6.07, 6.45) is 2.32. The number of hydrogen-bond donors (Lipinski definition) is 1. The summed E-state index contributed by atoms with van der Waals surface area (Å²) in [5.74, 6) is 1.36. The minimum atomic E-state index is -0.256. The molecule has 2 aliphatic heterocycles. The Morgan fingerprint density at radius 3 is 2.84 bits per heavy atom. The van der Waals surface area contributed by atoms with Gasteiger partial charge in [0.1, 0.15) is 18.2 Å². The van der Waals surface area contributed by atoms with Gasteiger partial charge in [0.25, 0.3) is 0 Å². The van der Waals surface area contributed by atoms with Gasteiger partial charge in [0.05, 0.1) is 13.2 Å². The molecule has 3 rings (SSSR count). The number of aliphatic imine (C=N–C) groups is 1. The Morgan fingerprint density at radius 1 is 1.36 bits per heavy atom. The molecule has 2 saturated heterocycles. The van der Waals surface area contributed by atoms with Gasteiger partial charge in [-0.15, -0.1) is 24.0 Å². The van der Waals surface area contributed by atoms with E-state index in [-0.39, 0.29) is 29.8 Å². The second-order valence-electron chi connectivity index (χ2n) is 6.51. The van der Waals surface area contributed by atoms with Crippen LogP contribution in [0, 0.1) is 11.2 Å². The van der Waals surface area contributed by atoms with Crippen molar-refractivity contribution in [2.75, 3.05) is 46.0 Å². The van der Waals surface area contributed by atoms with Crippen molar-refractivity contribution in [1.82, 2.24) is 10.2 Å². The van der Waals surface area contributed by atoms with Crippen LogP contribution in [0.4, 0.5) is 4.39 Å². The Bertz CT molecular complexity index is 562. The van der Waals surface area contributed by atoms with E-state index in [0.717, 1.165) is 45.2 Å². The third kappa shape index (κ3) is 5.44. The fourth-order valence-corrected chi connectivity index (χ4v) is 3.36. The molecule has 0 bridgehead atoms. The third-order valence-electron chi connectivity index (χ3n) is 4.69. The largest absolute Gasteiger partial charge is 0.492 e. The van der Waals surface area contributed by atoms with E-state index in [4.69, 9.17) is 9.47 Å². The zero-order valence-electron chi connectivity index (χ0n) is 14.7. The lowest BCUT2D eigenvalue weighted by Gasteiger charge is -2.25. The number of halogens is 2. The van der Waals surface area contributed by atoms with Crippen LogP contribution in [0.5, 0.6) is 5.75 Å². The number of benzene rings is 1. The van der Waals surface area contributed by atoms with Gasteiger partial charge < -0.3 is 19.7 Å². The number of likely N-dealkylation sites (tertiary alicyclic amines) is 1. The van der Waals surface area contributed by atoms with Crippen LogP contribution < -0.4 is 10.1 Å². The van der Waals surface area contributed by atoms with Crippen LogP contribution in [0.2, 0.25) is 0 Å². The van der Waals surface area contributed by atoms with E-state index in [1.165, 1.54) is 18.6 Å². The van der Waals surface area contributed by atoms with Gasteiger partial charge >= 0.3 is 0 Å². The van der Waals surface area contributed by atoms with E-state index < -0.39 is 0 Å². The highest BCUT2D eigenvalue weighted by molar-refractivity contribution is 14.0. The second-order valence-corrected chi connectivity index (χ2v) is 6.51. The number of nitrogens with zero attached hydrogens (tertiary/aromatic N) is 2. The first-order valence-corrected chi connectivity index (χ1v) is 8.70. The Hall–Kier alpha value is -1.09. The molecule has 1 aromatic carbocycles. The first kappa shape index (κ1) is 20.2. The SMILES string of the molecule is CCNC(=NCCOc1ccc(F)cc1)N1CCC2(CCOC2)C1.I. The molecule has 25 heavy (non-hydrogen) atoms. The monoisotopic (exact) mass is 463 g/mol. The van der Waals surface area contributed by atoms with Crippen LogP contribution in [0.15, 0.2) is 29.3 Å². The average Bonchev–Trinajstić information content (AvgIpc) is 3.22. The van der Waals surface area contributed by atoms with Gasteiger partial charge in [0, 0.05) is 31.7 Å². The molecule has 0 amide bonds. The van der Waals surface area contributed by atoms with E-state index in [2.05, 4.69) is 22.1 Å². The standard InChI is InChI=1S/C18H26FN3O2.HI/c1-2-20-17(22-10-7-18(13-22)8-11-23-14-18)21-9-12-24-16-5-3-15(19)4-6-16;/h3-6H,2,7-14H2,1H3,(H,20,21);1H. The second kappa shape index (κ2) is 9.56. The fraction of sp³-hybridized carbons (Fsp3) is 0.611. The quantitative estimate of drug-likeness (QED) is 0.316. The number of rotatable bonds is 5. The molecular weight excluding hydrogens is 436 g/mol. The molecule has 0 aromatic heterocycles. The maximum Gasteiger partial charge on any atom is 0.194 e. The lowest BCUT2D eigenvalue weighted by Crippen LogP contribution is -2.41. The molecule has 2 aliphatic rings. The van der Waals surface area contributed by atoms with Crippen LogP contribution >= 0.6 is 24.0 Å². The van der Waals surface area contributed by atoms with Crippen molar-refractivity contribution in [3.05, 3.63) is 30.1 Å². The van der Waals surface area contributed by atoms with Crippen molar-refractivity contribution in [1.29, 1.82) is 0 Å². The van der Waals surface area contributed by atoms with E-state index in [0.29, 0.717) is 24.3 Å². The first-order chi connectivity index (χ1) is 11.7. The smallest absolute Gasteiger partial charge is 0.194 e. The molecule has 1 N–H and O–H groups in total. The summed E-state index contributed by atoms with van der Waals surface area (Å²) < 4.78 is 24.1. The summed E-state index contributed by atoms with van der Waals surface area (Å²) in [4.78, 5) is 7.00. The number of guanidine groups is 1. The van der Waals surface area contributed by atoms with Crippen molar-refractivity contribution in [3.8, 4) is 5.75 Å². The molecule has 1 aromatic rings. The molecule has 0 radical (unpaired) electrons. The molecule has 5 nitrogen and oxygen atoms in total. The molecule has 0 aliphatic carbocycles. The molecular formula is C18H27FIN3O2. The van der Waals surface area contributed by atoms with Crippen molar-refractivity contribution in [2.24, 2.45) is 10.4 Å². The van der Waals surface area contributed by atoms with Gasteiger partial charge in [-0.25, -0.2) is 9.38 Å². The molecule has 1 unspecified atom stereocenters. The summed E-state index contributed by atoms with van der Waals surface area (Å²) >= 11 is 0. The topological polar surface area (TPSA) is 46.1 Å². The summed E-state index contributed by atoms with van der Waals surface area (Å²) in [5, 5.41) is 3.37. The highest BCUT2D eigenvalue weighted by atomic mass is 127. The highest BCUT2D eigenvalue weighted by Crippen LogP contribution is 2.38. The van der Waals surface area contributed by atoms with Gasteiger partial charge in [-0.2, -0.15) is 0 Å². The van der Waals surface area contributed by atoms with Gasteiger partial charge in [-0.05, 0) is 44.0 Å². The van der Waals surface area contributed by atoms with E-state index >= 15 is 0 Å². The van der Waals surface area contributed by atoms with Crippen LogP contribution in [-0.2, 0) is 4.74 Å². The molecule has 0 saturated carbocycles. The predicted octanol–water partition coefficient (Wildman–Crippen LogP) is 2.90. The Kier molecular flexibility index (Phi) is 7.74. The third-order valence-corrected chi connectivity index (χ3v) is 4.69. The minimum absolute atomic E-state index is 0. The number of nitrogens with one attached hydrogen (secondary N) is 1. The lowest BCUT2D eigenvalue weighted by atomic mass is 9.87. The Morgan fingerprint density at radius 2 is 2.16 bits per heavy atom. The van der Waals surface area contributed by atoms with Gasteiger partial charge in [-0.1, -0.05) is 0 Å². The summed E-state index contributed by atoms with van der Waals surface area (Å²) in [5.41, 5.74) is 0.320. The Balaban J connectivity index is 0.00000225. The summed E-state index contributed by atoms with van der Waals surface area (Å²) in [6, 6.07) is 6.06. The molecule has 1 spiro atoms. The van der Waals surface area contributed by atoms with Crippen molar-refractivity contribution >= 4 is 29.9 Å². The fourth-order valence-electron chi connectivity index (χ4n) is 3.36. The van der Waals surface area contributed by atoms with Gasteiger partial charge in [0.2, 0.25) is 0 Å². The molecule has 2 fully saturated rings. The maximum absolute atomic E-state index is 12.9. The summed E-state index contributed by atoms with van der Waals surface area (Å²) in [7, 11) is 0. The zero-order chi connectivity index (χ0) is 16.8. The molecule has 140 valence electrons. The highest BCUT2D eigenvalue weighted by Gasteiger charge is 2.42. The van der Waals surface area contributed by atoms with Crippen LogP contribution in [0.1, 0.15) is 19.8 Å². The lowest BCUT2D eigenvalue weighted by molar-refractivity contribution is 0.156. The number of hydrogen-bond acceptors (Lipinski definition) is 3. The molecule has 7 heteroatoms. The van der Waals surface area contributed by atoms with Crippen molar-refractivity contribution in [2.45, 2.75) is 19.8 Å². The van der Waals surface area contributed by atoms with Gasteiger partial charge in [-0.3, -0.25) is 0 Å². The minimum Gasteiger partial charge on any atom is -0.492 e. The molecule has 2 heterocycles. The van der Waals surface area contributed by atoms with Crippen LogP contribution in [0.3, 0.4) is 0 Å². The van der Waals surface area contributed by atoms with E-state index in [1.807, 2.05) is 0 Å². The van der Waals surface area contributed by atoms with E-state index in [1.54, 1.807) is 12.1 Å². The van der Waals surface area contributed by atoms with Gasteiger partial charge in [0.15, 0.2) is 5.96 Å². The van der Waals surface area contributed by atoms with Crippen LogP contribution in [-0.4, -0.2) is 56.9 Å². The van der Waals surface area contributed by atoms with Crippen molar-refractivity contribution in [3.63, 3.8) is 0 Å². The average molecular weight is 463 g/mol. The predicted molar refractivity (Wildman–Crippen MR) is 107 cm³/mol. The molecule has 1 atom stereocenters. The van der Waals surface area contributed by atoms with E-state index in [9.17, 15) is 4.39 Å². The van der Waals surface area contributed by atoms with Crippen molar-refractivity contribution < 1.29 is 13.9 Å². The zero-order valence-corrected chi connectivity index (χ0v) is 17.0. The first-order valence-electron chi connectivity index (χ1n) is 8.70. The van der Waals surface area contributed by atoms with Crippen LogP contribution in [0.25, 0.3) is 0 Å². The Labute approximate surface area is 166 Å². The maximum atomic E-state index is 12.9. The summed E-state index contributed by atoms with van der Waals surface area (Å²) in [6.45, 7) is 7.75.